The molecule has 118 valence electrons. The maximum Gasteiger partial charge on any atom is 0.313 e. The Bertz CT molecular complexity index is 230. The summed E-state index contributed by atoms with van der Waals surface area (Å²) in [6.07, 6.45) is 1.84. The molecule has 0 saturated carbocycles. The molecule has 20 heavy (non-hydrogen) atoms. The Morgan fingerprint density at radius 1 is 1.00 bits per heavy atom. The average molecular weight is 324 g/mol. The Kier molecular flexibility index (Phi) is 16.7. The molecule has 0 aliphatic carbocycles. The zero-order valence-electron chi connectivity index (χ0n) is 13.5. The summed E-state index contributed by atoms with van der Waals surface area (Å²) in [5.41, 5.74) is 0. The predicted octanol–water partition coefficient (Wildman–Crippen LogP) is 3.06. The molecular weight excluding hydrogens is 296 g/mol. The van der Waals surface area contributed by atoms with Gasteiger partial charge in [-0.3, -0.25) is 9.59 Å². The molecular formula is C14H28O5Ti. The van der Waals surface area contributed by atoms with Gasteiger partial charge in [0.15, 0.2) is 0 Å². The average Bonchev–Trinajstić information content (AvgIpc) is 2.29. The number of esters is 1. The summed E-state index contributed by atoms with van der Waals surface area (Å²) in [5, 5.41) is 0. The molecule has 0 aromatic heterocycles. The number of hydrogen-bond donors (Lipinski definition) is 0. The van der Waals surface area contributed by atoms with Crippen LogP contribution in [0.3, 0.4) is 0 Å². The van der Waals surface area contributed by atoms with Gasteiger partial charge in [-0.2, -0.15) is 0 Å². The topological polar surface area (TPSA) is 61.8 Å². The van der Waals surface area contributed by atoms with Gasteiger partial charge in [-0.05, 0) is 13.3 Å². The van der Waals surface area contributed by atoms with Gasteiger partial charge in [0.2, 0.25) is 0 Å². The van der Waals surface area contributed by atoms with E-state index in [4.69, 9.17) is 6.64 Å². The summed E-state index contributed by atoms with van der Waals surface area (Å²) in [6.45, 7) is 12.1. The first-order valence-electron chi connectivity index (χ1n) is 7.06. The van der Waals surface area contributed by atoms with Crippen molar-refractivity contribution in [2.24, 2.45) is 0 Å². The van der Waals surface area contributed by atoms with Crippen LogP contribution in [0.2, 0.25) is 0 Å². The first kappa shape index (κ1) is 22.1. The van der Waals surface area contributed by atoms with Crippen molar-refractivity contribution >= 4 is 11.8 Å². The number of carbonyl (C=O) groups excluding carboxylic acids is 2. The van der Waals surface area contributed by atoms with Gasteiger partial charge in [0, 0.05) is 6.42 Å². The maximum absolute atomic E-state index is 10.8. The molecule has 0 aromatic carbocycles. The summed E-state index contributed by atoms with van der Waals surface area (Å²) in [7, 11) is 0. The van der Waals surface area contributed by atoms with Gasteiger partial charge < -0.3 is 4.74 Å². The summed E-state index contributed by atoms with van der Waals surface area (Å²) >= 11 is -0.574. The quantitative estimate of drug-likeness (QED) is 0.370. The normalized spacial score (nSPS) is 10.0. The van der Waals surface area contributed by atoms with E-state index in [0.717, 1.165) is 6.42 Å². The molecule has 0 N–H and O–H groups in total. The minimum absolute atomic E-state index is 0.0362. The molecule has 6 heteroatoms. The van der Waals surface area contributed by atoms with Crippen LogP contribution < -0.4 is 0 Å². The van der Waals surface area contributed by atoms with E-state index in [1.54, 1.807) is 6.92 Å². The summed E-state index contributed by atoms with van der Waals surface area (Å²) in [6, 6.07) is 0. The van der Waals surface area contributed by atoms with E-state index in [-0.39, 0.29) is 12.2 Å². The fraction of sp³-hybridized carbons (Fsp3) is 0.857. The third kappa shape index (κ3) is 20.1. The number of ketones is 1. The van der Waals surface area contributed by atoms with Crippen LogP contribution in [-0.2, 0) is 40.9 Å². The van der Waals surface area contributed by atoms with Crippen LogP contribution in [0, 0.1) is 0 Å². The second-order valence-electron chi connectivity index (χ2n) is 4.69. The molecule has 0 heterocycles. The molecule has 0 aliphatic heterocycles. The molecule has 0 unspecified atom stereocenters. The SMILES string of the molecule is CC(C)[O][Ti][O]C(C)C.CCCC(=O)CC(=O)OCC. The van der Waals surface area contributed by atoms with Crippen molar-refractivity contribution in [3.8, 4) is 0 Å². The van der Waals surface area contributed by atoms with Crippen molar-refractivity contribution in [3.63, 3.8) is 0 Å². The monoisotopic (exact) mass is 324 g/mol. The van der Waals surface area contributed by atoms with Crippen molar-refractivity contribution in [1.82, 2.24) is 0 Å². The molecule has 0 amide bonds. The van der Waals surface area contributed by atoms with Gasteiger partial charge in [-0.1, -0.05) is 6.92 Å². The number of ether oxygens (including phenoxy) is 1. The van der Waals surface area contributed by atoms with Crippen LogP contribution in [0.5, 0.6) is 0 Å². The first-order valence-corrected chi connectivity index (χ1v) is 8.34. The zero-order chi connectivity index (χ0) is 16.0. The van der Waals surface area contributed by atoms with Gasteiger partial charge in [-0.15, -0.1) is 0 Å². The van der Waals surface area contributed by atoms with Crippen molar-refractivity contribution in [3.05, 3.63) is 0 Å². The second kappa shape index (κ2) is 15.2. The van der Waals surface area contributed by atoms with E-state index in [2.05, 4.69) is 4.74 Å². The third-order valence-electron chi connectivity index (χ3n) is 1.74. The van der Waals surface area contributed by atoms with E-state index in [1.807, 2.05) is 34.6 Å². The van der Waals surface area contributed by atoms with Crippen molar-refractivity contribution < 1.29 is 40.9 Å². The van der Waals surface area contributed by atoms with Crippen LogP contribution in [-0.4, -0.2) is 30.6 Å². The molecule has 0 aliphatic rings. The van der Waals surface area contributed by atoms with E-state index < -0.39 is 25.9 Å². The maximum atomic E-state index is 10.8. The largest absolute Gasteiger partial charge is 0.466 e. The Balaban J connectivity index is 0. The third-order valence-corrected chi connectivity index (χ3v) is 3.52. The Hall–Kier alpha value is -0.226. The van der Waals surface area contributed by atoms with Gasteiger partial charge in [0.25, 0.3) is 0 Å². The molecule has 0 rings (SSSR count). The fourth-order valence-corrected chi connectivity index (χ4v) is 1.65. The minimum Gasteiger partial charge on any atom is -0.466 e. The van der Waals surface area contributed by atoms with Crippen molar-refractivity contribution in [1.29, 1.82) is 0 Å². The van der Waals surface area contributed by atoms with Gasteiger partial charge in [0.1, 0.15) is 12.2 Å². The molecule has 0 radical (unpaired) electrons. The Morgan fingerprint density at radius 2 is 1.50 bits per heavy atom. The fourth-order valence-electron chi connectivity index (χ4n) is 0.960. The molecule has 0 bridgehead atoms. The summed E-state index contributed by atoms with van der Waals surface area (Å²) in [4.78, 5) is 21.5. The number of rotatable bonds is 9. The molecule has 0 aromatic rings. The van der Waals surface area contributed by atoms with Crippen LogP contribution in [0.15, 0.2) is 0 Å². The minimum atomic E-state index is -0.574. The number of Topliss-reactive ketones (excluding diaryl/α,β-unsaturated/α-hetero) is 1. The van der Waals surface area contributed by atoms with Crippen LogP contribution in [0.1, 0.15) is 60.8 Å². The summed E-state index contributed by atoms with van der Waals surface area (Å²) in [5.74, 6) is -0.447. The second-order valence-corrected chi connectivity index (χ2v) is 5.68. The van der Waals surface area contributed by atoms with E-state index in [1.165, 1.54) is 0 Å². The van der Waals surface area contributed by atoms with E-state index in [9.17, 15) is 9.59 Å². The smallest absolute Gasteiger partial charge is 0.313 e. The van der Waals surface area contributed by atoms with Gasteiger partial charge >= 0.3 is 72.4 Å². The van der Waals surface area contributed by atoms with Crippen molar-refractivity contribution in [2.45, 2.75) is 73.0 Å². The Labute approximate surface area is 132 Å². The summed E-state index contributed by atoms with van der Waals surface area (Å²) < 4.78 is 15.1. The molecule has 5 nitrogen and oxygen atoms in total. The number of hydrogen-bond acceptors (Lipinski definition) is 5. The van der Waals surface area contributed by atoms with E-state index in [0.29, 0.717) is 25.2 Å². The number of carbonyl (C=O) groups is 2. The zero-order valence-corrected chi connectivity index (χ0v) is 15.1. The molecule has 0 fully saturated rings. The standard InChI is InChI=1S/C8H14O3.2C3H7O.Ti/c1-3-5-7(9)6-8(10)11-4-2;2*1-3(2)4;/h3-6H2,1-2H3;2*3H,1-2H3;/q;2*-1;+2. The van der Waals surface area contributed by atoms with E-state index >= 15 is 0 Å². The molecule has 0 spiro atoms. The first-order chi connectivity index (χ1) is 9.33. The van der Waals surface area contributed by atoms with Gasteiger partial charge in [-0.25, -0.2) is 0 Å². The predicted molar refractivity (Wildman–Crippen MR) is 73.6 cm³/mol. The van der Waals surface area contributed by atoms with Gasteiger partial charge in [0.05, 0.1) is 6.61 Å². The van der Waals surface area contributed by atoms with Crippen molar-refractivity contribution in [2.75, 3.05) is 6.61 Å². The van der Waals surface area contributed by atoms with Crippen LogP contribution in [0.25, 0.3) is 0 Å². The molecule has 0 atom stereocenters. The van der Waals surface area contributed by atoms with Crippen LogP contribution in [0.4, 0.5) is 0 Å². The Morgan fingerprint density at radius 3 is 1.85 bits per heavy atom. The van der Waals surface area contributed by atoms with Crippen LogP contribution >= 0.6 is 0 Å². The molecule has 0 saturated heterocycles.